The molecule has 1 saturated carbocycles. The smallest absolute Gasteiger partial charge is 0.244 e. The molecule has 112 valence electrons. The highest BCUT2D eigenvalue weighted by atomic mass is 35.5. The molecule has 0 unspecified atom stereocenters. The van der Waals surface area contributed by atoms with E-state index in [0.29, 0.717) is 6.54 Å². The van der Waals surface area contributed by atoms with Gasteiger partial charge in [-0.1, -0.05) is 24.9 Å². The molecule has 1 aromatic carbocycles. The number of halogens is 2. The van der Waals surface area contributed by atoms with Crippen LogP contribution in [-0.4, -0.2) is 25.3 Å². The van der Waals surface area contributed by atoms with Gasteiger partial charge in [0.1, 0.15) is 10.7 Å². The number of rotatable bonds is 6. The summed E-state index contributed by atoms with van der Waals surface area (Å²) in [6, 6.07) is 2.09. The molecule has 0 heterocycles. The van der Waals surface area contributed by atoms with Crippen LogP contribution < -0.4 is 5.73 Å². The van der Waals surface area contributed by atoms with Gasteiger partial charge in [0, 0.05) is 12.6 Å². The summed E-state index contributed by atoms with van der Waals surface area (Å²) in [7, 11) is -3.73. The van der Waals surface area contributed by atoms with E-state index in [9.17, 15) is 12.8 Å². The minimum Gasteiger partial charge on any atom is -0.396 e. The maximum atomic E-state index is 13.3. The molecule has 2 N–H and O–H groups in total. The lowest BCUT2D eigenvalue weighted by Crippen LogP contribution is -2.34. The van der Waals surface area contributed by atoms with Crippen LogP contribution in [0.5, 0.6) is 0 Å². The van der Waals surface area contributed by atoms with Gasteiger partial charge in [0.15, 0.2) is 0 Å². The van der Waals surface area contributed by atoms with Crippen LogP contribution in [0, 0.1) is 5.82 Å². The number of nitrogen functional groups attached to an aromatic ring is 1. The summed E-state index contributed by atoms with van der Waals surface area (Å²) >= 11 is 5.89. The minimum absolute atomic E-state index is 0.0360. The molecule has 0 aliphatic heterocycles. The molecule has 1 aliphatic rings. The predicted octanol–water partition coefficient (Wildman–Crippen LogP) is 3.01. The summed E-state index contributed by atoms with van der Waals surface area (Å²) in [5, 5.41) is -0.126. The summed E-state index contributed by atoms with van der Waals surface area (Å²) in [5.41, 5.74) is 5.25. The molecule has 4 nitrogen and oxygen atoms in total. The van der Waals surface area contributed by atoms with Crippen molar-refractivity contribution in [3.63, 3.8) is 0 Å². The van der Waals surface area contributed by atoms with Crippen LogP contribution in [0.1, 0.15) is 32.6 Å². The van der Waals surface area contributed by atoms with Gasteiger partial charge in [0.25, 0.3) is 0 Å². The maximum Gasteiger partial charge on any atom is 0.244 e. The van der Waals surface area contributed by atoms with Gasteiger partial charge in [-0.05, 0) is 31.4 Å². The number of unbranched alkanes of at least 4 members (excludes halogenated alkanes) is 1. The first-order valence-corrected chi connectivity index (χ1v) is 8.46. The first kappa shape index (κ1) is 15.5. The van der Waals surface area contributed by atoms with Crippen molar-refractivity contribution in [3.8, 4) is 0 Å². The minimum atomic E-state index is -3.73. The number of hydrogen-bond acceptors (Lipinski definition) is 3. The van der Waals surface area contributed by atoms with E-state index < -0.39 is 15.8 Å². The fourth-order valence-corrected chi connectivity index (χ4v) is 4.29. The lowest BCUT2D eigenvalue weighted by molar-refractivity contribution is 0.395. The Morgan fingerprint density at radius 3 is 2.65 bits per heavy atom. The van der Waals surface area contributed by atoms with Crippen molar-refractivity contribution in [3.05, 3.63) is 23.0 Å². The third-order valence-corrected chi connectivity index (χ3v) is 5.74. The van der Waals surface area contributed by atoms with Crippen molar-refractivity contribution < 1.29 is 12.8 Å². The number of nitrogens with two attached hydrogens (primary N) is 1. The number of hydrogen-bond donors (Lipinski definition) is 1. The predicted molar refractivity (Wildman–Crippen MR) is 77.6 cm³/mol. The van der Waals surface area contributed by atoms with E-state index in [4.69, 9.17) is 17.3 Å². The lowest BCUT2D eigenvalue weighted by atomic mass is 10.3. The van der Waals surface area contributed by atoms with Crippen LogP contribution in [-0.2, 0) is 10.0 Å². The number of nitrogens with zero attached hydrogens (tertiary/aromatic N) is 1. The lowest BCUT2D eigenvalue weighted by Gasteiger charge is -2.22. The van der Waals surface area contributed by atoms with Crippen LogP contribution in [0.4, 0.5) is 10.1 Å². The molecule has 20 heavy (non-hydrogen) atoms. The molecular formula is C13H18ClFN2O2S. The number of sulfonamides is 1. The Balaban J connectivity index is 2.39. The number of anilines is 1. The molecule has 0 atom stereocenters. The first-order valence-electron chi connectivity index (χ1n) is 6.64. The summed E-state index contributed by atoms with van der Waals surface area (Å²) in [6.07, 6.45) is 3.40. The SMILES string of the molecule is CCCCN(C1CC1)S(=O)(=O)c1cc(N)c(F)cc1Cl. The fourth-order valence-electron chi connectivity index (χ4n) is 2.04. The highest BCUT2D eigenvalue weighted by Crippen LogP contribution is 2.35. The van der Waals surface area contributed by atoms with E-state index in [1.54, 1.807) is 0 Å². The second kappa shape index (κ2) is 5.87. The van der Waals surface area contributed by atoms with Crippen molar-refractivity contribution in [2.24, 2.45) is 0 Å². The zero-order valence-corrected chi connectivity index (χ0v) is 12.8. The van der Waals surface area contributed by atoms with Gasteiger partial charge in [-0.2, -0.15) is 4.31 Å². The van der Waals surface area contributed by atoms with Gasteiger partial charge < -0.3 is 5.73 Å². The van der Waals surface area contributed by atoms with Crippen LogP contribution in [0.15, 0.2) is 17.0 Å². The average molecular weight is 321 g/mol. The topological polar surface area (TPSA) is 63.4 Å². The van der Waals surface area contributed by atoms with Crippen LogP contribution in [0.25, 0.3) is 0 Å². The van der Waals surface area contributed by atoms with E-state index in [2.05, 4.69) is 0 Å². The molecule has 1 aliphatic carbocycles. The van der Waals surface area contributed by atoms with Crippen molar-refractivity contribution in [2.75, 3.05) is 12.3 Å². The standard InChI is InChI=1S/C13H18ClFN2O2S/c1-2-3-6-17(9-4-5-9)20(18,19)13-8-12(16)11(15)7-10(13)14/h7-9H,2-6,16H2,1H3. The molecule has 0 bridgehead atoms. The highest BCUT2D eigenvalue weighted by molar-refractivity contribution is 7.89. The summed E-state index contributed by atoms with van der Waals surface area (Å²) in [4.78, 5) is -0.110. The normalized spacial score (nSPS) is 15.8. The van der Waals surface area contributed by atoms with E-state index in [-0.39, 0.29) is 21.6 Å². The van der Waals surface area contributed by atoms with Gasteiger partial charge in [0.2, 0.25) is 10.0 Å². The first-order chi connectivity index (χ1) is 9.37. The van der Waals surface area contributed by atoms with Crippen LogP contribution >= 0.6 is 11.6 Å². The molecule has 1 fully saturated rings. The maximum absolute atomic E-state index is 13.3. The third kappa shape index (κ3) is 3.07. The molecule has 2 rings (SSSR count). The fraction of sp³-hybridized carbons (Fsp3) is 0.538. The van der Waals surface area contributed by atoms with Gasteiger partial charge in [-0.3, -0.25) is 0 Å². The van der Waals surface area contributed by atoms with Crippen molar-refractivity contribution in [2.45, 2.75) is 43.5 Å². The summed E-state index contributed by atoms with van der Waals surface area (Å²) < 4.78 is 40.1. The monoisotopic (exact) mass is 320 g/mol. The molecule has 0 radical (unpaired) electrons. The zero-order valence-electron chi connectivity index (χ0n) is 11.3. The quantitative estimate of drug-likeness (QED) is 0.819. The molecule has 0 amide bonds. The largest absolute Gasteiger partial charge is 0.396 e. The van der Waals surface area contributed by atoms with Crippen molar-refractivity contribution in [1.82, 2.24) is 4.31 Å². The van der Waals surface area contributed by atoms with Gasteiger partial charge in [-0.15, -0.1) is 0 Å². The van der Waals surface area contributed by atoms with E-state index in [0.717, 1.165) is 37.8 Å². The molecule has 0 spiro atoms. The van der Waals surface area contributed by atoms with Gasteiger partial charge in [0.05, 0.1) is 10.7 Å². The molecular weight excluding hydrogens is 303 g/mol. The average Bonchev–Trinajstić information content (AvgIpc) is 3.18. The number of benzene rings is 1. The van der Waals surface area contributed by atoms with E-state index >= 15 is 0 Å². The Hall–Kier alpha value is -0.850. The zero-order chi connectivity index (χ0) is 14.9. The second-order valence-corrected chi connectivity index (χ2v) is 7.27. The van der Waals surface area contributed by atoms with Gasteiger partial charge >= 0.3 is 0 Å². The second-order valence-electron chi connectivity index (χ2n) is 5.00. The highest BCUT2D eigenvalue weighted by Gasteiger charge is 2.38. The Morgan fingerprint density at radius 1 is 1.45 bits per heavy atom. The molecule has 0 aromatic heterocycles. The Kier molecular flexibility index (Phi) is 4.56. The Bertz CT molecular complexity index is 603. The Labute approximate surface area is 123 Å². The van der Waals surface area contributed by atoms with Crippen molar-refractivity contribution >= 4 is 27.3 Å². The van der Waals surface area contributed by atoms with Crippen LogP contribution in [0.3, 0.4) is 0 Å². The molecule has 0 saturated heterocycles. The van der Waals surface area contributed by atoms with E-state index in [1.165, 1.54) is 4.31 Å². The van der Waals surface area contributed by atoms with Crippen LogP contribution in [0.2, 0.25) is 5.02 Å². The Morgan fingerprint density at radius 2 is 2.10 bits per heavy atom. The summed E-state index contributed by atoms with van der Waals surface area (Å²) in [5.74, 6) is -0.708. The van der Waals surface area contributed by atoms with E-state index in [1.807, 2.05) is 6.92 Å². The van der Waals surface area contributed by atoms with Gasteiger partial charge in [-0.25, -0.2) is 12.8 Å². The summed E-state index contributed by atoms with van der Waals surface area (Å²) in [6.45, 7) is 2.46. The molecule has 1 aromatic rings. The molecule has 7 heteroatoms. The van der Waals surface area contributed by atoms with Crippen molar-refractivity contribution in [1.29, 1.82) is 0 Å². The third-order valence-electron chi connectivity index (χ3n) is 3.32.